The van der Waals surface area contributed by atoms with Gasteiger partial charge in [-0.05, 0) is 0 Å². The molecule has 0 nitrogen and oxygen atoms in total. The third-order valence-electron chi connectivity index (χ3n) is 1.21. The van der Waals surface area contributed by atoms with Crippen molar-refractivity contribution in [1.29, 1.82) is 0 Å². The molecule has 0 saturated carbocycles. The molecule has 0 saturated heterocycles. The second kappa shape index (κ2) is 3.25. The van der Waals surface area contributed by atoms with Crippen LogP contribution in [0.15, 0.2) is 30.3 Å². The predicted molar refractivity (Wildman–Crippen MR) is 43.6 cm³/mol. The quantitative estimate of drug-likeness (QED) is 0.649. The Balaban J connectivity index is 2.85. The molecule has 0 amide bonds. The summed E-state index contributed by atoms with van der Waals surface area (Å²) in [6.07, 6.45) is 0. The average Bonchev–Trinajstić information content (AvgIpc) is 1.90. The van der Waals surface area contributed by atoms with Crippen molar-refractivity contribution in [3.63, 3.8) is 0 Å². The number of rotatable bonds is 1. The molecular formula is C8H11Te+. The van der Waals surface area contributed by atoms with Gasteiger partial charge in [-0.15, -0.1) is 0 Å². The fraction of sp³-hybridized carbons (Fsp3) is 0.250. The summed E-state index contributed by atoms with van der Waals surface area (Å²) in [6, 6.07) is 10.8. The van der Waals surface area contributed by atoms with Gasteiger partial charge in [-0.1, -0.05) is 0 Å². The molecule has 0 fully saturated rings. The van der Waals surface area contributed by atoms with Gasteiger partial charge < -0.3 is 0 Å². The minimum atomic E-state index is -0.795. The van der Waals surface area contributed by atoms with Crippen molar-refractivity contribution < 1.29 is 0 Å². The van der Waals surface area contributed by atoms with Crippen LogP contribution in [0, 0.1) is 0 Å². The molecule has 0 atom stereocenters. The molecule has 0 heterocycles. The van der Waals surface area contributed by atoms with Crippen molar-refractivity contribution in [2.75, 3.05) is 0 Å². The third-order valence-corrected chi connectivity index (χ3v) is 4.68. The van der Waals surface area contributed by atoms with Crippen molar-refractivity contribution in [3.8, 4) is 0 Å². The Morgan fingerprint density at radius 2 is 1.56 bits per heavy atom. The summed E-state index contributed by atoms with van der Waals surface area (Å²) in [5.41, 5.74) is 0. The van der Waals surface area contributed by atoms with Crippen LogP contribution in [0.4, 0.5) is 0 Å². The Morgan fingerprint density at radius 1 is 1.00 bits per heavy atom. The standard InChI is InChI=1S/C8H11Te/c1-9(2)8-6-4-3-5-7-8/h3-7H,1-2H3/q+1. The molecule has 0 bridgehead atoms. The van der Waals surface area contributed by atoms with E-state index in [1.807, 2.05) is 0 Å². The van der Waals surface area contributed by atoms with E-state index in [0.717, 1.165) is 0 Å². The van der Waals surface area contributed by atoms with Crippen LogP contribution in [-0.2, 0) is 0 Å². The van der Waals surface area contributed by atoms with Gasteiger partial charge in [0.05, 0.1) is 0 Å². The fourth-order valence-electron chi connectivity index (χ4n) is 0.693. The van der Waals surface area contributed by atoms with Gasteiger partial charge in [0, 0.05) is 0 Å². The zero-order valence-electron chi connectivity index (χ0n) is 5.79. The first-order valence-electron chi connectivity index (χ1n) is 2.93. The summed E-state index contributed by atoms with van der Waals surface area (Å²) in [4.78, 5) is 4.75. The summed E-state index contributed by atoms with van der Waals surface area (Å²) in [6.45, 7) is 0. The molecule has 0 aliphatic rings. The molecule has 0 aliphatic heterocycles. The van der Waals surface area contributed by atoms with E-state index < -0.39 is 19.6 Å². The summed E-state index contributed by atoms with van der Waals surface area (Å²) < 4.78 is 1.58. The van der Waals surface area contributed by atoms with Gasteiger partial charge >= 0.3 is 63.4 Å². The van der Waals surface area contributed by atoms with Crippen LogP contribution in [0.5, 0.6) is 0 Å². The molecule has 0 spiro atoms. The van der Waals surface area contributed by atoms with Crippen molar-refractivity contribution in [1.82, 2.24) is 0 Å². The van der Waals surface area contributed by atoms with Crippen molar-refractivity contribution >= 4 is 23.2 Å². The van der Waals surface area contributed by atoms with E-state index in [1.165, 1.54) is 0 Å². The van der Waals surface area contributed by atoms with E-state index in [-0.39, 0.29) is 0 Å². The Kier molecular flexibility index (Phi) is 2.57. The van der Waals surface area contributed by atoms with Gasteiger partial charge in [-0.2, -0.15) is 0 Å². The Bertz CT molecular complexity index is 167. The molecule has 1 heteroatoms. The zero-order valence-corrected chi connectivity index (χ0v) is 8.13. The van der Waals surface area contributed by atoms with E-state index in [4.69, 9.17) is 0 Å². The van der Waals surface area contributed by atoms with Gasteiger partial charge in [0.2, 0.25) is 0 Å². The van der Waals surface area contributed by atoms with Gasteiger partial charge in [0.15, 0.2) is 0 Å². The fourth-order valence-corrected chi connectivity index (χ4v) is 2.69. The molecule has 1 aromatic carbocycles. The van der Waals surface area contributed by atoms with Crippen LogP contribution in [-0.4, -0.2) is 19.6 Å². The van der Waals surface area contributed by atoms with Crippen LogP contribution < -0.4 is 3.61 Å². The molecule has 48 valence electrons. The second-order valence-corrected chi connectivity index (χ2v) is 8.14. The van der Waals surface area contributed by atoms with Crippen LogP contribution in [0.1, 0.15) is 0 Å². The molecule has 1 aromatic rings. The van der Waals surface area contributed by atoms with Gasteiger partial charge in [0.25, 0.3) is 0 Å². The Morgan fingerprint density at radius 3 is 1.89 bits per heavy atom. The monoisotopic (exact) mass is 237 g/mol. The average molecular weight is 235 g/mol. The summed E-state index contributed by atoms with van der Waals surface area (Å²) in [5, 5.41) is 0. The van der Waals surface area contributed by atoms with Gasteiger partial charge in [-0.25, -0.2) is 0 Å². The Hall–Kier alpha value is 0.00961. The van der Waals surface area contributed by atoms with Crippen molar-refractivity contribution in [2.45, 2.75) is 9.94 Å². The second-order valence-electron chi connectivity index (χ2n) is 2.13. The van der Waals surface area contributed by atoms with Crippen molar-refractivity contribution in [3.05, 3.63) is 30.3 Å². The minimum absolute atomic E-state index is 0.795. The van der Waals surface area contributed by atoms with Gasteiger partial charge in [-0.3, -0.25) is 0 Å². The number of hydrogen-bond acceptors (Lipinski definition) is 0. The summed E-state index contributed by atoms with van der Waals surface area (Å²) in [5.74, 6) is 0. The Labute approximate surface area is 63.5 Å². The predicted octanol–water partition coefficient (Wildman–Crippen LogP) is 1.65. The zero-order chi connectivity index (χ0) is 6.69. The third kappa shape index (κ3) is 2.01. The number of benzene rings is 1. The topological polar surface area (TPSA) is 0 Å². The first-order valence-corrected chi connectivity index (χ1v) is 8.76. The summed E-state index contributed by atoms with van der Waals surface area (Å²) in [7, 11) is 0. The SMILES string of the molecule is C[Te+](C)c1ccccc1. The van der Waals surface area contributed by atoms with Crippen molar-refractivity contribution in [2.24, 2.45) is 0 Å². The van der Waals surface area contributed by atoms with Crippen LogP contribution >= 0.6 is 0 Å². The molecule has 9 heavy (non-hydrogen) atoms. The van der Waals surface area contributed by atoms with E-state index in [9.17, 15) is 0 Å². The maximum absolute atomic E-state index is 2.37. The normalized spacial score (nSPS) is 10.1. The van der Waals surface area contributed by atoms with Crippen LogP contribution in [0.2, 0.25) is 9.94 Å². The number of hydrogen-bond donors (Lipinski definition) is 0. The van der Waals surface area contributed by atoms with E-state index in [0.29, 0.717) is 0 Å². The summed E-state index contributed by atoms with van der Waals surface area (Å²) >= 11 is -0.795. The molecule has 0 N–H and O–H groups in total. The molecule has 1 rings (SSSR count). The van der Waals surface area contributed by atoms with E-state index >= 15 is 0 Å². The molecule has 0 unspecified atom stereocenters. The molecule has 0 aliphatic carbocycles. The molecule has 0 radical (unpaired) electrons. The van der Waals surface area contributed by atoms with E-state index in [1.54, 1.807) is 3.61 Å². The molecule has 0 aromatic heterocycles. The van der Waals surface area contributed by atoms with Crippen LogP contribution in [0.25, 0.3) is 0 Å². The first-order chi connectivity index (χ1) is 4.30. The first kappa shape index (κ1) is 7.12. The van der Waals surface area contributed by atoms with Gasteiger partial charge in [0.1, 0.15) is 0 Å². The maximum atomic E-state index is 2.37. The van der Waals surface area contributed by atoms with Crippen LogP contribution in [0.3, 0.4) is 0 Å². The van der Waals surface area contributed by atoms with E-state index in [2.05, 4.69) is 40.3 Å². The molecular weight excluding hydrogens is 224 g/mol.